The first-order valence-corrected chi connectivity index (χ1v) is 54.4. The highest BCUT2D eigenvalue weighted by atomic mass is 32.2. The van der Waals surface area contributed by atoms with Gasteiger partial charge in [-0.2, -0.15) is 26.2 Å². The third-order valence-corrected chi connectivity index (χ3v) is 35.8. The number of ether oxygens (including phenoxy) is 5. The van der Waals surface area contributed by atoms with Crippen molar-refractivity contribution in [2.24, 2.45) is 92.7 Å². The Morgan fingerprint density at radius 3 is 0.693 bits per heavy atom. The molecule has 0 atom stereocenters. The predicted octanol–water partition coefficient (Wildman–Crippen LogP) is 23.7. The van der Waals surface area contributed by atoms with E-state index in [9.17, 15) is 56.7 Å². The van der Waals surface area contributed by atoms with E-state index in [2.05, 4.69) is 210 Å². The zero-order valence-electron chi connectivity index (χ0n) is 79.6. The van der Waals surface area contributed by atoms with Crippen LogP contribution in [0.25, 0.3) is 0 Å². The molecule has 0 aliphatic heterocycles. The normalized spacial score (nSPS) is 26.9. The number of carbonyl (C=O) groups is 6. The Hall–Kier alpha value is -7.06. The number of hydrogen-bond donors (Lipinski definition) is 3. The van der Waals surface area contributed by atoms with E-state index >= 15 is 0 Å². The van der Waals surface area contributed by atoms with Gasteiger partial charge in [-0.15, -0.1) is 0 Å². The van der Waals surface area contributed by atoms with Gasteiger partial charge in [0, 0.05) is 13.2 Å². The highest BCUT2D eigenvalue weighted by Gasteiger charge is 2.60. The first-order valence-electron chi connectivity index (χ1n) is 50.5. The van der Waals surface area contributed by atoms with Gasteiger partial charge in [0.1, 0.15) is 24.1 Å². The standard InChI is InChI=1S/C21H32F2O7S.2C19H32O3.2C18H15S.C11H16O2.C3H4F2O5S/c22-21(23,31-30-29-26)19(25)28-8-6-4-2-1-3-5-7-27-18(24)20-12-15-9-16(13-20)11-17(10-15)14-20;2*20-7-5-3-1-2-4-6-8-22-18(21)19-12-15-9-16(13-19)11-17(10-15)14-19;2*1-4-10-16(11-5-1)19(17-12-6-2-7-13-17)18-14-8-3-9-15-18;12-10(13)11-4-7-1-8(5-11)3-9(2-7)6-11;1-8-2(6)3(4,5)11-10-9-7/h15-17,26H,1-14H2;2*15-17,20H,1-14H2;2*1-15H;7-9H,1-6H2,(H,12,13);7H,1H3/q;;;2*+1;;/p-2. The highest BCUT2D eigenvalue weighted by Crippen LogP contribution is 2.64. The maximum atomic E-state index is 13.1. The molecular formula is C109H144F4O20S4. The summed E-state index contributed by atoms with van der Waals surface area (Å²) >= 11 is -1.43. The summed E-state index contributed by atoms with van der Waals surface area (Å²) in [5.74, 6) is 5.49. The van der Waals surface area contributed by atoms with Gasteiger partial charge >= 0.3 is 46.3 Å². The number of alkyl halides is 4. The second-order valence-corrected chi connectivity index (χ2v) is 46.6. The number of methoxy groups -OCH3 is 1. The second kappa shape index (κ2) is 55.0. The lowest BCUT2D eigenvalue weighted by atomic mass is 9.49. The number of esters is 5. The molecule has 16 aliphatic rings. The Morgan fingerprint density at radius 1 is 0.307 bits per heavy atom. The molecule has 16 aliphatic carbocycles. The SMILES string of the molecule is COC(=O)C(F)(F)SOO[O-].O=C(O)C12CC3CC(CC(C3)C1)C2.O=C(OCCCCCCCCO)C12CC3CC(CC(C3)C1)C2.O=C(OCCCCCCCCO)C12CC3CC(CC(C3)C1)C2.O=C(OCCCCCCCCOC(=O)C(F)(F)SOO[O-])C12CC3CC(CC(C3)C1)C2.c1ccc([S+](c2ccccc2)c2ccccc2)cc1.c1ccc([S+](c2ccccc2)c2ccccc2)cc1. The summed E-state index contributed by atoms with van der Waals surface area (Å²) in [5.41, 5.74) is -0.657. The number of benzene rings is 6. The van der Waals surface area contributed by atoms with E-state index in [0.717, 1.165) is 239 Å². The summed E-state index contributed by atoms with van der Waals surface area (Å²) in [5, 5.41) is 42.8. The quantitative estimate of drug-likeness (QED) is 0.00468. The molecule has 0 saturated heterocycles. The van der Waals surface area contributed by atoms with Crippen LogP contribution in [0.4, 0.5) is 17.6 Å². The van der Waals surface area contributed by atoms with Crippen molar-refractivity contribution in [3.8, 4) is 0 Å². The summed E-state index contributed by atoms with van der Waals surface area (Å²) in [6.45, 7) is 2.17. The van der Waals surface area contributed by atoms with E-state index in [1.165, 1.54) is 132 Å². The third kappa shape index (κ3) is 32.2. The van der Waals surface area contributed by atoms with E-state index in [-0.39, 0.29) is 68.0 Å². The third-order valence-electron chi connectivity index (χ3n) is 30.3. The number of hydrogen-bond acceptors (Lipinski definition) is 21. The number of unbranched alkanes of at least 4 members (excludes halogenated alkanes) is 15. The van der Waals surface area contributed by atoms with Gasteiger partial charge in [-0.05, 0) is 336 Å². The van der Waals surface area contributed by atoms with Crippen LogP contribution < -0.4 is 10.5 Å². The molecule has 20 nitrogen and oxygen atoms in total. The molecule has 752 valence electrons. The molecule has 0 amide bonds. The largest absolute Gasteiger partial charge is 0.691 e. The van der Waals surface area contributed by atoms with Crippen molar-refractivity contribution in [1.82, 2.24) is 0 Å². The molecule has 16 fully saturated rings. The Bertz CT molecular complexity index is 4050. The smallest absolute Gasteiger partial charge is 0.415 e. The predicted molar refractivity (Wildman–Crippen MR) is 516 cm³/mol. The molecule has 6 aromatic carbocycles. The minimum Gasteiger partial charge on any atom is -0.691 e. The number of halogens is 4. The van der Waals surface area contributed by atoms with E-state index in [1.54, 1.807) is 0 Å². The van der Waals surface area contributed by atoms with Crippen molar-refractivity contribution in [3.05, 3.63) is 182 Å². The summed E-state index contributed by atoms with van der Waals surface area (Å²) in [7, 11) is 0.743. The molecule has 0 aromatic heterocycles. The molecule has 0 unspecified atom stereocenters. The Kier molecular flexibility index (Phi) is 43.6. The van der Waals surface area contributed by atoms with Crippen molar-refractivity contribution in [2.45, 2.75) is 310 Å². The van der Waals surface area contributed by atoms with Crippen molar-refractivity contribution in [1.29, 1.82) is 0 Å². The Balaban J connectivity index is 0.000000146. The van der Waals surface area contributed by atoms with Crippen molar-refractivity contribution >= 4 is 81.7 Å². The molecule has 0 heterocycles. The molecule has 22 rings (SSSR count). The molecule has 16 saturated carbocycles. The number of aliphatic hydroxyl groups is 2. The van der Waals surface area contributed by atoms with Crippen LogP contribution in [0, 0.1) is 92.7 Å². The number of aliphatic hydroxyl groups excluding tert-OH is 2. The van der Waals surface area contributed by atoms with Gasteiger partial charge in [0.25, 0.3) is 0 Å². The molecule has 137 heavy (non-hydrogen) atoms. The highest BCUT2D eigenvalue weighted by molar-refractivity contribution is 7.97. The zero-order valence-corrected chi connectivity index (χ0v) is 82.9. The van der Waals surface area contributed by atoms with Crippen LogP contribution in [-0.4, -0.2) is 108 Å². The monoisotopic (exact) mass is 1980 g/mol. The van der Waals surface area contributed by atoms with Gasteiger partial charge in [0.2, 0.25) is 0 Å². The number of carboxylic acids is 1. The molecule has 16 bridgehead atoms. The molecule has 0 radical (unpaired) electrons. The average Bonchev–Trinajstić information content (AvgIpc) is 0.741. The fourth-order valence-electron chi connectivity index (χ4n) is 25.9. The van der Waals surface area contributed by atoms with Crippen LogP contribution in [0.15, 0.2) is 211 Å². The number of aliphatic carboxylic acids is 1. The lowest BCUT2D eigenvalue weighted by Crippen LogP contribution is -2.50. The number of carbonyl (C=O) groups excluding carboxylic acids is 5. The second-order valence-electron chi connectivity index (χ2n) is 40.9. The van der Waals surface area contributed by atoms with Crippen molar-refractivity contribution in [3.63, 3.8) is 0 Å². The maximum Gasteiger partial charge on any atom is 0.415 e. The minimum atomic E-state index is -3.99. The Morgan fingerprint density at radius 2 is 0.496 bits per heavy atom. The molecule has 3 N–H and O–H groups in total. The van der Waals surface area contributed by atoms with Gasteiger partial charge in [-0.3, -0.25) is 29.3 Å². The van der Waals surface area contributed by atoms with Crippen LogP contribution in [-0.2, 0) is 93.0 Å². The van der Waals surface area contributed by atoms with E-state index < -0.39 is 52.5 Å². The van der Waals surface area contributed by atoms with Gasteiger partial charge in [-0.1, -0.05) is 186 Å². The van der Waals surface area contributed by atoms with Crippen LogP contribution in [0.1, 0.15) is 270 Å². The van der Waals surface area contributed by atoms with Crippen LogP contribution in [0.2, 0.25) is 0 Å². The summed E-state index contributed by atoms with van der Waals surface area (Å²) in [6.07, 6.45) is 46.6. The maximum absolute atomic E-state index is 13.1. The fourth-order valence-corrected chi connectivity index (χ4v) is 30.6. The molecule has 0 spiro atoms. The summed E-state index contributed by atoms with van der Waals surface area (Å²) < 4.78 is 82.4. The van der Waals surface area contributed by atoms with Gasteiger partial charge in [0.15, 0.2) is 29.4 Å². The van der Waals surface area contributed by atoms with Gasteiger partial charge in [0.05, 0.1) is 77.0 Å². The minimum absolute atomic E-state index is 0.0146. The van der Waals surface area contributed by atoms with Crippen molar-refractivity contribution in [2.75, 3.05) is 46.8 Å². The fraction of sp³-hybridized carbons (Fsp3) is 0.615. The summed E-state index contributed by atoms with van der Waals surface area (Å²) in [6, 6.07) is 64.3. The number of rotatable bonds is 43. The molecule has 6 aromatic rings. The van der Waals surface area contributed by atoms with E-state index in [0.29, 0.717) is 39.5 Å². The topological polar surface area (TPSA) is 292 Å². The summed E-state index contributed by atoms with van der Waals surface area (Å²) in [4.78, 5) is 78.7. The molecular weight excluding hydrogens is 1830 g/mol. The average molecular weight is 1980 g/mol. The van der Waals surface area contributed by atoms with E-state index in [1.807, 2.05) is 0 Å². The molecule has 28 heteroatoms. The first-order chi connectivity index (χ1) is 66.4. The van der Waals surface area contributed by atoms with E-state index in [4.69, 9.17) is 29.7 Å². The van der Waals surface area contributed by atoms with Crippen LogP contribution in [0.3, 0.4) is 0 Å². The van der Waals surface area contributed by atoms with Crippen LogP contribution >= 0.6 is 24.1 Å². The van der Waals surface area contributed by atoms with Crippen LogP contribution in [0.5, 0.6) is 0 Å². The Labute approximate surface area is 822 Å². The van der Waals surface area contributed by atoms with Gasteiger partial charge < -0.3 is 49.5 Å². The lowest BCUT2D eigenvalue weighted by Gasteiger charge is -2.55. The first kappa shape index (κ1) is 109. The van der Waals surface area contributed by atoms with Crippen molar-refractivity contribution < 1.29 is 115 Å². The number of carboxylic acid groups (broad SMARTS) is 1. The lowest BCUT2D eigenvalue weighted by molar-refractivity contribution is -0.777. The zero-order chi connectivity index (χ0) is 96.9. The van der Waals surface area contributed by atoms with Gasteiger partial charge in [-0.25, -0.2) is 9.59 Å².